The number of ether oxygens (including phenoxy) is 1. The maximum absolute atomic E-state index is 5.65. The second-order valence-electron chi connectivity index (χ2n) is 4.44. The molecule has 2 fully saturated rings. The minimum Gasteiger partial charge on any atom is -0.376 e. The van der Waals surface area contributed by atoms with Gasteiger partial charge in [-0.2, -0.15) is 0 Å². The first-order valence-electron chi connectivity index (χ1n) is 5.13. The lowest BCUT2D eigenvalue weighted by molar-refractivity contribution is 0.104. The average Bonchev–Trinajstić information content (AvgIpc) is 2.52. The molecule has 0 aromatic rings. The Labute approximate surface area is 74.9 Å². The molecule has 0 amide bonds. The average molecular weight is 169 g/mol. The van der Waals surface area contributed by atoms with Gasteiger partial charge in [-0.3, -0.25) is 4.90 Å². The van der Waals surface area contributed by atoms with E-state index in [1.54, 1.807) is 0 Å². The summed E-state index contributed by atoms with van der Waals surface area (Å²) in [5.74, 6) is 0.796. The summed E-state index contributed by atoms with van der Waals surface area (Å²) in [6.07, 6.45) is 3.10. The molecule has 2 rings (SSSR count). The number of likely N-dealkylation sites (tertiary alicyclic amines) is 1. The standard InChI is InChI=1S/C10H19NO/c1-8(2)7-11-5-3-10-9(11)4-6-12-10/h8-10H,3-7H2,1-2H3/t9-,10-/m1/s1. The molecule has 70 valence electrons. The molecule has 2 nitrogen and oxygen atoms in total. The third-order valence-corrected chi connectivity index (χ3v) is 2.94. The molecule has 0 radical (unpaired) electrons. The topological polar surface area (TPSA) is 12.5 Å². The molecule has 0 saturated carbocycles. The van der Waals surface area contributed by atoms with Crippen LogP contribution in [-0.2, 0) is 4.74 Å². The van der Waals surface area contributed by atoms with Crippen LogP contribution in [0.15, 0.2) is 0 Å². The van der Waals surface area contributed by atoms with E-state index < -0.39 is 0 Å². The summed E-state index contributed by atoms with van der Waals surface area (Å²) in [5, 5.41) is 0. The zero-order chi connectivity index (χ0) is 8.55. The van der Waals surface area contributed by atoms with Crippen molar-refractivity contribution in [2.75, 3.05) is 19.7 Å². The Morgan fingerprint density at radius 2 is 2.25 bits per heavy atom. The molecule has 0 bridgehead atoms. The summed E-state index contributed by atoms with van der Waals surface area (Å²) in [7, 11) is 0. The summed E-state index contributed by atoms with van der Waals surface area (Å²) < 4.78 is 5.65. The third kappa shape index (κ3) is 1.50. The molecule has 0 unspecified atom stereocenters. The van der Waals surface area contributed by atoms with Gasteiger partial charge in [0.1, 0.15) is 0 Å². The van der Waals surface area contributed by atoms with Crippen LogP contribution < -0.4 is 0 Å². The maximum atomic E-state index is 5.65. The van der Waals surface area contributed by atoms with Gasteiger partial charge in [0.25, 0.3) is 0 Å². The van der Waals surface area contributed by atoms with Crippen LogP contribution in [0, 0.1) is 5.92 Å². The van der Waals surface area contributed by atoms with Crippen LogP contribution in [-0.4, -0.2) is 36.7 Å². The van der Waals surface area contributed by atoms with Crippen molar-refractivity contribution in [3.8, 4) is 0 Å². The van der Waals surface area contributed by atoms with Crippen molar-refractivity contribution in [2.45, 2.75) is 38.8 Å². The van der Waals surface area contributed by atoms with Gasteiger partial charge in [-0.25, -0.2) is 0 Å². The maximum Gasteiger partial charge on any atom is 0.0743 e. The highest BCUT2D eigenvalue weighted by atomic mass is 16.5. The Morgan fingerprint density at radius 3 is 3.00 bits per heavy atom. The summed E-state index contributed by atoms with van der Waals surface area (Å²) >= 11 is 0. The molecule has 2 heterocycles. The Bertz CT molecular complexity index is 158. The van der Waals surface area contributed by atoms with Gasteiger partial charge >= 0.3 is 0 Å². The zero-order valence-electron chi connectivity index (χ0n) is 8.12. The van der Waals surface area contributed by atoms with E-state index in [-0.39, 0.29) is 0 Å². The van der Waals surface area contributed by atoms with Crippen molar-refractivity contribution >= 4 is 0 Å². The Hall–Kier alpha value is -0.0800. The molecule has 2 aliphatic heterocycles. The van der Waals surface area contributed by atoms with Gasteiger partial charge in [0, 0.05) is 25.7 Å². The first-order valence-corrected chi connectivity index (χ1v) is 5.13. The number of nitrogens with zero attached hydrogens (tertiary/aromatic N) is 1. The van der Waals surface area contributed by atoms with Crippen LogP contribution in [0.3, 0.4) is 0 Å². The molecular weight excluding hydrogens is 150 g/mol. The van der Waals surface area contributed by atoms with Crippen molar-refractivity contribution in [1.29, 1.82) is 0 Å². The highest BCUT2D eigenvalue weighted by Gasteiger charge is 2.38. The number of fused-ring (bicyclic) bond motifs is 1. The van der Waals surface area contributed by atoms with Crippen molar-refractivity contribution in [2.24, 2.45) is 5.92 Å². The smallest absolute Gasteiger partial charge is 0.0743 e. The van der Waals surface area contributed by atoms with Crippen molar-refractivity contribution < 1.29 is 4.74 Å². The fraction of sp³-hybridized carbons (Fsp3) is 1.00. The van der Waals surface area contributed by atoms with E-state index in [1.165, 1.54) is 25.9 Å². The Morgan fingerprint density at radius 1 is 1.42 bits per heavy atom. The monoisotopic (exact) mass is 169 g/mol. The normalized spacial score (nSPS) is 36.2. The minimum atomic E-state index is 0.573. The van der Waals surface area contributed by atoms with E-state index in [4.69, 9.17) is 4.74 Å². The van der Waals surface area contributed by atoms with E-state index in [2.05, 4.69) is 18.7 Å². The second kappa shape index (κ2) is 3.35. The molecular formula is C10H19NO. The molecule has 2 aliphatic rings. The highest BCUT2D eigenvalue weighted by Crippen LogP contribution is 2.29. The number of hydrogen-bond donors (Lipinski definition) is 0. The van der Waals surface area contributed by atoms with Crippen LogP contribution in [0.25, 0.3) is 0 Å². The van der Waals surface area contributed by atoms with Gasteiger partial charge in [0.05, 0.1) is 6.10 Å². The molecule has 0 aromatic heterocycles. The van der Waals surface area contributed by atoms with E-state index in [1.807, 2.05) is 0 Å². The van der Waals surface area contributed by atoms with Gasteiger partial charge in [0.15, 0.2) is 0 Å². The fourth-order valence-corrected chi connectivity index (χ4v) is 2.49. The molecule has 12 heavy (non-hydrogen) atoms. The Balaban J connectivity index is 1.91. The van der Waals surface area contributed by atoms with E-state index >= 15 is 0 Å². The van der Waals surface area contributed by atoms with Crippen LogP contribution in [0.5, 0.6) is 0 Å². The second-order valence-corrected chi connectivity index (χ2v) is 4.44. The van der Waals surface area contributed by atoms with E-state index in [9.17, 15) is 0 Å². The van der Waals surface area contributed by atoms with Crippen molar-refractivity contribution in [1.82, 2.24) is 4.90 Å². The van der Waals surface area contributed by atoms with Gasteiger partial charge in [-0.1, -0.05) is 13.8 Å². The molecule has 2 saturated heterocycles. The predicted molar refractivity (Wildman–Crippen MR) is 49.2 cm³/mol. The lowest BCUT2D eigenvalue weighted by Gasteiger charge is -2.24. The van der Waals surface area contributed by atoms with Gasteiger partial charge in [-0.15, -0.1) is 0 Å². The first-order chi connectivity index (χ1) is 5.77. The Kier molecular flexibility index (Phi) is 2.37. The fourth-order valence-electron chi connectivity index (χ4n) is 2.49. The summed E-state index contributed by atoms with van der Waals surface area (Å²) in [6.45, 7) is 8.09. The van der Waals surface area contributed by atoms with Crippen LogP contribution in [0.1, 0.15) is 26.7 Å². The third-order valence-electron chi connectivity index (χ3n) is 2.94. The predicted octanol–water partition coefficient (Wildman–Crippen LogP) is 1.51. The molecule has 0 aliphatic carbocycles. The van der Waals surface area contributed by atoms with E-state index in [0.717, 1.165) is 18.6 Å². The van der Waals surface area contributed by atoms with Gasteiger partial charge in [-0.05, 0) is 18.8 Å². The van der Waals surface area contributed by atoms with Crippen LogP contribution >= 0.6 is 0 Å². The van der Waals surface area contributed by atoms with E-state index in [0.29, 0.717) is 6.10 Å². The number of hydrogen-bond acceptors (Lipinski definition) is 2. The highest BCUT2D eigenvalue weighted by molar-refractivity contribution is 4.91. The number of rotatable bonds is 2. The zero-order valence-corrected chi connectivity index (χ0v) is 8.12. The molecule has 0 aromatic carbocycles. The van der Waals surface area contributed by atoms with Gasteiger partial charge in [0.2, 0.25) is 0 Å². The van der Waals surface area contributed by atoms with Crippen molar-refractivity contribution in [3.05, 3.63) is 0 Å². The van der Waals surface area contributed by atoms with Crippen LogP contribution in [0.2, 0.25) is 0 Å². The lowest BCUT2D eigenvalue weighted by Crippen LogP contribution is -2.34. The quantitative estimate of drug-likeness (QED) is 0.621. The molecule has 2 atom stereocenters. The van der Waals surface area contributed by atoms with Crippen molar-refractivity contribution in [3.63, 3.8) is 0 Å². The summed E-state index contributed by atoms with van der Waals surface area (Å²) in [6, 6.07) is 0.757. The summed E-state index contributed by atoms with van der Waals surface area (Å²) in [4.78, 5) is 2.61. The minimum absolute atomic E-state index is 0.573. The molecule has 0 N–H and O–H groups in total. The van der Waals surface area contributed by atoms with Gasteiger partial charge < -0.3 is 4.74 Å². The molecule has 0 spiro atoms. The van der Waals surface area contributed by atoms with Crippen LogP contribution in [0.4, 0.5) is 0 Å². The summed E-state index contributed by atoms with van der Waals surface area (Å²) in [5.41, 5.74) is 0. The first kappa shape index (κ1) is 8.52. The largest absolute Gasteiger partial charge is 0.376 e. The molecule has 2 heteroatoms. The lowest BCUT2D eigenvalue weighted by atomic mass is 10.1. The SMILES string of the molecule is CC(C)CN1CC[C@H]2OCC[C@H]21.